The van der Waals surface area contributed by atoms with Crippen molar-refractivity contribution in [2.75, 3.05) is 0 Å². The van der Waals surface area contributed by atoms with Crippen LogP contribution in [0.3, 0.4) is 0 Å². The molecular formula is C14H16ClN3O2. The van der Waals surface area contributed by atoms with Crippen LogP contribution in [0.25, 0.3) is 5.57 Å². The molecule has 5 nitrogen and oxygen atoms in total. The monoisotopic (exact) mass is 293 g/mol. The molecule has 0 bridgehead atoms. The van der Waals surface area contributed by atoms with Gasteiger partial charge in [0.25, 0.3) is 5.91 Å². The van der Waals surface area contributed by atoms with E-state index in [0.717, 1.165) is 11.1 Å². The van der Waals surface area contributed by atoms with Gasteiger partial charge >= 0.3 is 0 Å². The first kappa shape index (κ1) is 14.4. The first-order valence-corrected chi connectivity index (χ1v) is 6.44. The van der Waals surface area contributed by atoms with E-state index in [1.807, 2.05) is 26.8 Å². The fourth-order valence-electron chi connectivity index (χ4n) is 2.20. The molecular weight excluding hydrogens is 278 g/mol. The molecule has 1 heterocycles. The summed E-state index contributed by atoms with van der Waals surface area (Å²) in [5.74, 6) is -0.231. The maximum atomic E-state index is 11.9. The van der Waals surface area contributed by atoms with Gasteiger partial charge in [0.2, 0.25) is 0 Å². The van der Waals surface area contributed by atoms with Gasteiger partial charge in [-0.15, -0.1) is 0 Å². The Morgan fingerprint density at radius 2 is 2.00 bits per heavy atom. The van der Waals surface area contributed by atoms with E-state index in [0.29, 0.717) is 5.75 Å². The highest BCUT2D eigenvalue weighted by molar-refractivity contribution is 6.34. The van der Waals surface area contributed by atoms with Crippen molar-refractivity contribution in [3.8, 4) is 5.75 Å². The zero-order valence-corrected chi connectivity index (χ0v) is 12.3. The number of carbonyl (C=O) groups is 1. The molecule has 1 aliphatic heterocycles. The van der Waals surface area contributed by atoms with Gasteiger partial charge in [-0.2, -0.15) is 4.99 Å². The van der Waals surface area contributed by atoms with E-state index in [1.54, 1.807) is 12.1 Å². The number of fused-ring (bicyclic) bond motifs is 1. The maximum absolute atomic E-state index is 11.9. The predicted molar refractivity (Wildman–Crippen MR) is 80.0 cm³/mol. The topological polar surface area (TPSA) is 90.7 Å². The summed E-state index contributed by atoms with van der Waals surface area (Å²) >= 11 is 6.11. The molecule has 0 fully saturated rings. The summed E-state index contributed by atoms with van der Waals surface area (Å²) in [5.41, 5.74) is 12.1. The van der Waals surface area contributed by atoms with E-state index < -0.39 is 11.5 Å². The predicted octanol–water partition coefficient (Wildman–Crippen LogP) is 2.33. The number of carbonyl (C=O) groups excluding carboxylic acids is 1. The number of hydrogen-bond acceptors (Lipinski definition) is 2. The molecule has 1 aromatic carbocycles. The van der Waals surface area contributed by atoms with E-state index in [2.05, 4.69) is 4.99 Å². The number of ether oxygens (including phenoxy) is 1. The van der Waals surface area contributed by atoms with Crippen LogP contribution in [0, 0.1) is 0 Å². The van der Waals surface area contributed by atoms with E-state index in [-0.39, 0.29) is 16.5 Å². The van der Waals surface area contributed by atoms with Gasteiger partial charge in [-0.1, -0.05) is 11.6 Å². The standard InChI is InChI=1S/C14H16ClN3O2/c1-7-6-14(2,3)20-11-5-10(15)9(4-8(7)11)12(19)18-13(16)17/h4-6H,1-3H3,(H4,16,17,18,19). The third-order valence-electron chi connectivity index (χ3n) is 2.89. The molecule has 0 spiro atoms. The van der Waals surface area contributed by atoms with Crippen molar-refractivity contribution >= 4 is 29.0 Å². The lowest BCUT2D eigenvalue weighted by Gasteiger charge is -2.30. The fourth-order valence-corrected chi connectivity index (χ4v) is 2.44. The lowest BCUT2D eigenvalue weighted by Crippen LogP contribution is -2.29. The van der Waals surface area contributed by atoms with E-state index in [4.69, 9.17) is 27.8 Å². The summed E-state index contributed by atoms with van der Waals surface area (Å²) < 4.78 is 5.83. The Labute approximate surface area is 122 Å². The molecule has 0 saturated carbocycles. The van der Waals surface area contributed by atoms with Crippen LogP contribution in [0.1, 0.15) is 36.7 Å². The van der Waals surface area contributed by atoms with Gasteiger partial charge in [-0.3, -0.25) is 4.79 Å². The number of amides is 1. The molecule has 0 unspecified atom stereocenters. The van der Waals surface area contributed by atoms with Gasteiger partial charge in [0.05, 0.1) is 10.6 Å². The lowest BCUT2D eigenvalue weighted by atomic mass is 9.94. The average Bonchev–Trinajstić information content (AvgIpc) is 2.24. The van der Waals surface area contributed by atoms with Crippen molar-refractivity contribution in [3.05, 3.63) is 34.4 Å². The smallest absolute Gasteiger partial charge is 0.281 e. The highest BCUT2D eigenvalue weighted by Crippen LogP contribution is 2.39. The summed E-state index contributed by atoms with van der Waals surface area (Å²) in [6.45, 7) is 5.85. The van der Waals surface area contributed by atoms with Crippen LogP contribution in [-0.2, 0) is 0 Å². The summed E-state index contributed by atoms with van der Waals surface area (Å²) in [4.78, 5) is 15.4. The minimum atomic E-state index is -0.574. The number of halogens is 1. The quantitative estimate of drug-likeness (QED) is 0.614. The van der Waals surface area contributed by atoms with Crippen LogP contribution in [0.15, 0.2) is 23.2 Å². The van der Waals surface area contributed by atoms with Crippen molar-refractivity contribution in [1.29, 1.82) is 0 Å². The Kier molecular flexibility index (Phi) is 3.48. The number of benzene rings is 1. The Balaban J connectivity index is 2.54. The van der Waals surface area contributed by atoms with E-state index in [9.17, 15) is 4.79 Å². The highest BCUT2D eigenvalue weighted by atomic mass is 35.5. The molecule has 1 aromatic rings. The number of allylic oxidation sites excluding steroid dienone is 1. The summed E-state index contributed by atoms with van der Waals surface area (Å²) in [6, 6.07) is 3.26. The van der Waals surface area contributed by atoms with Crippen LogP contribution in [0.5, 0.6) is 5.75 Å². The number of guanidine groups is 1. The van der Waals surface area contributed by atoms with Crippen LogP contribution >= 0.6 is 11.6 Å². The van der Waals surface area contributed by atoms with Crippen molar-refractivity contribution in [2.24, 2.45) is 16.5 Å². The van der Waals surface area contributed by atoms with Crippen molar-refractivity contribution in [1.82, 2.24) is 0 Å². The first-order chi connectivity index (χ1) is 9.19. The normalized spacial score (nSPS) is 15.7. The van der Waals surface area contributed by atoms with Gasteiger partial charge in [-0.05, 0) is 38.5 Å². The number of hydrogen-bond donors (Lipinski definition) is 2. The first-order valence-electron chi connectivity index (χ1n) is 6.06. The highest BCUT2D eigenvalue weighted by Gasteiger charge is 2.26. The fraction of sp³-hybridized carbons (Fsp3) is 0.286. The SMILES string of the molecule is CC1=CC(C)(C)Oc2cc(Cl)c(C(=O)N=C(N)N)cc21. The van der Waals surface area contributed by atoms with Crippen LogP contribution < -0.4 is 16.2 Å². The molecule has 20 heavy (non-hydrogen) atoms. The molecule has 6 heteroatoms. The second-order valence-electron chi connectivity index (χ2n) is 5.20. The molecule has 4 N–H and O–H groups in total. The molecule has 0 atom stereocenters. The van der Waals surface area contributed by atoms with Crippen LogP contribution in [0.2, 0.25) is 5.02 Å². The lowest BCUT2D eigenvalue weighted by molar-refractivity contribution is 0.100. The average molecular weight is 294 g/mol. The largest absolute Gasteiger partial charge is 0.483 e. The minimum Gasteiger partial charge on any atom is -0.483 e. The second kappa shape index (κ2) is 4.83. The van der Waals surface area contributed by atoms with Gasteiger partial charge in [0.15, 0.2) is 5.96 Å². The zero-order chi connectivity index (χ0) is 15.1. The minimum absolute atomic E-state index is 0.245. The van der Waals surface area contributed by atoms with Crippen molar-refractivity contribution in [2.45, 2.75) is 26.4 Å². The maximum Gasteiger partial charge on any atom is 0.281 e. The van der Waals surface area contributed by atoms with Gasteiger partial charge in [-0.25, -0.2) is 0 Å². The number of nitrogens with two attached hydrogens (primary N) is 2. The van der Waals surface area contributed by atoms with Gasteiger partial charge < -0.3 is 16.2 Å². The Bertz CT molecular complexity index is 643. The Morgan fingerprint density at radius 1 is 1.35 bits per heavy atom. The molecule has 0 radical (unpaired) electrons. The summed E-state index contributed by atoms with van der Waals surface area (Å²) in [6.07, 6.45) is 1.98. The molecule has 0 aromatic heterocycles. The third-order valence-corrected chi connectivity index (χ3v) is 3.20. The van der Waals surface area contributed by atoms with Crippen LogP contribution in [-0.4, -0.2) is 17.5 Å². The van der Waals surface area contributed by atoms with Gasteiger partial charge in [0, 0.05) is 11.6 Å². The van der Waals surface area contributed by atoms with Crippen molar-refractivity contribution < 1.29 is 9.53 Å². The molecule has 0 aliphatic carbocycles. The molecule has 2 rings (SSSR count). The molecule has 106 valence electrons. The van der Waals surface area contributed by atoms with E-state index in [1.165, 1.54) is 0 Å². The zero-order valence-electron chi connectivity index (χ0n) is 11.5. The molecule has 0 saturated heterocycles. The van der Waals surface area contributed by atoms with Crippen molar-refractivity contribution in [3.63, 3.8) is 0 Å². The summed E-state index contributed by atoms with van der Waals surface area (Å²) in [7, 11) is 0. The Morgan fingerprint density at radius 3 is 2.60 bits per heavy atom. The second-order valence-corrected chi connectivity index (χ2v) is 5.61. The molecule has 1 amide bonds. The summed E-state index contributed by atoms with van der Waals surface area (Å²) in [5, 5.41) is 0.254. The third kappa shape index (κ3) is 2.77. The number of nitrogens with zero attached hydrogens (tertiary/aromatic N) is 1. The number of aliphatic imine (C=N–C) groups is 1. The van der Waals surface area contributed by atoms with Gasteiger partial charge in [0.1, 0.15) is 11.4 Å². The Hall–Kier alpha value is -2.01. The van der Waals surface area contributed by atoms with Crippen LogP contribution in [0.4, 0.5) is 0 Å². The number of rotatable bonds is 1. The molecule has 1 aliphatic rings. The van der Waals surface area contributed by atoms with E-state index >= 15 is 0 Å².